The van der Waals surface area contributed by atoms with Crippen LogP contribution in [-0.2, 0) is 20.8 Å². The van der Waals surface area contributed by atoms with Gasteiger partial charge in [-0.2, -0.15) is 0 Å². The third-order valence-corrected chi connectivity index (χ3v) is 3.43. The first kappa shape index (κ1) is 19.6. The summed E-state index contributed by atoms with van der Waals surface area (Å²) in [6.45, 7) is 2.76. The molecule has 0 saturated carbocycles. The molecule has 0 fully saturated rings. The minimum Gasteiger partial charge on any atom is -0.480 e. The number of aliphatic hydroxyl groups is 1. The van der Waals surface area contributed by atoms with Crippen molar-refractivity contribution in [3.63, 3.8) is 0 Å². The predicted molar refractivity (Wildman–Crippen MR) is 83.7 cm³/mol. The molecule has 7 N–H and O–H groups in total. The van der Waals surface area contributed by atoms with Gasteiger partial charge in [-0.1, -0.05) is 13.8 Å². The van der Waals surface area contributed by atoms with Crippen molar-refractivity contribution in [2.45, 2.75) is 38.4 Å². The molecule has 0 saturated heterocycles. The summed E-state index contributed by atoms with van der Waals surface area (Å²) in [5.41, 5.74) is 6.33. The number of carboxylic acids is 1. The summed E-state index contributed by atoms with van der Waals surface area (Å²) >= 11 is 0. The highest BCUT2D eigenvalue weighted by Gasteiger charge is 2.28. The van der Waals surface area contributed by atoms with Crippen LogP contribution in [0.15, 0.2) is 12.5 Å². The quantitative estimate of drug-likeness (QED) is 0.301. The Hall–Kier alpha value is -2.46. The van der Waals surface area contributed by atoms with Crippen LogP contribution >= 0.6 is 0 Å². The first-order valence-electron chi connectivity index (χ1n) is 7.43. The number of imidazole rings is 1. The van der Waals surface area contributed by atoms with Crippen molar-refractivity contribution >= 4 is 17.8 Å². The number of carbonyl (C=O) groups excluding carboxylic acids is 2. The summed E-state index contributed by atoms with van der Waals surface area (Å²) in [4.78, 5) is 42.0. The Kier molecular flexibility index (Phi) is 7.33. The highest BCUT2D eigenvalue weighted by molar-refractivity contribution is 5.92. The van der Waals surface area contributed by atoms with Gasteiger partial charge in [0.25, 0.3) is 0 Å². The monoisotopic (exact) mass is 341 g/mol. The number of nitrogens with zero attached hydrogens (tertiary/aromatic N) is 1. The topological polar surface area (TPSA) is 170 Å². The van der Waals surface area contributed by atoms with Crippen molar-refractivity contribution in [3.05, 3.63) is 18.2 Å². The van der Waals surface area contributed by atoms with E-state index in [2.05, 4.69) is 20.6 Å². The summed E-state index contributed by atoms with van der Waals surface area (Å²) in [5, 5.41) is 22.6. The van der Waals surface area contributed by atoms with Gasteiger partial charge in [-0.25, -0.2) is 9.78 Å². The van der Waals surface area contributed by atoms with E-state index in [0.717, 1.165) is 0 Å². The van der Waals surface area contributed by atoms with Gasteiger partial charge in [0.15, 0.2) is 0 Å². The van der Waals surface area contributed by atoms with Crippen molar-refractivity contribution in [3.8, 4) is 0 Å². The van der Waals surface area contributed by atoms with Crippen LogP contribution in [0.1, 0.15) is 19.5 Å². The number of aromatic amines is 1. The molecule has 3 unspecified atom stereocenters. The summed E-state index contributed by atoms with van der Waals surface area (Å²) in [6.07, 6.45) is 2.97. The second kappa shape index (κ2) is 8.99. The first-order chi connectivity index (χ1) is 11.3. The summed E-state index contributed by atoms with van der Waals surface area (Å²) in [6, 6.07) is -3.33. The first-order valence-corrected chi connectivity index (χ1v) is 7.43. The van der Waals surface area contributed by atoms with E-state index in [1.165, 1.54) is 12.5 Å². The van der Waals surface area contributed by atoms with Crippen LogP contribution in [0, 0.1) is 5.92 Å². The Labute approximate surface area is 138 Å². The highest BCUT2D eigenvalue weighted by Crippen LogP contribution is 2.03. The Balaban J connectivity index is 2.86. The third-order valence-electron chi connectivity index (χ3n) is 3.43. The molecule has 24 heavy (non-hydrogen) atoms. The van der Waals surface area contributed by atoms with Gasteiger partial charge in [-0.15, -0.1) is 0 Å². The molecule has 0 radical (unpaired) electrons. The zero-order valence-electron chi connectivity index (χ0n) is 13.5. The molecule has 0 bridgehead atoms. The number of aliphatic carboxylic acids is 1. The number of hydrogen-bond acceptors (Lipinski definition) is 6. The van der Waals surface area contributed by atoms with Crippen LogP contribution < -0.4 is 16.4 Å². The molecule has 1 aromatic rings. The number of carbonyl (C=O) groups is 3. The Morgan fingerprint density at radius 3 is 2.33 bits per heavy atom. The lowest BCUT2D eigenvalue weighted by Gasteiger charge is -2.23. The van der Waals surface area contributed by atoms with E-state index in [1.54, 1.807) is 13.8 Å². The van der Waals surface area contributed by atoms with Crippen LogP contribution in [0.2, 0.25) is 0 Å². The second-order valence-electron chi connectivity index (χ2n) is 5.69. The molecule has 0 aromatic carbocycles. The fraction of sp³-hybridized carbons (Fsp3) is 0.571. The van der Waals surface area contributed by atoms with Crippen LogP contribution in [0.5, 0.6) is 0 Å². The lowest BCUT2D eigenvalue weighted by molar-refractivity contribution is -0.143. The molecular weight excluding hydrogens is 318 g/mol. The second-order valence-corrected chi connectivity index (χ2v) is 5.69. The van der Waals surface area contributed by atoms with E-state index < -0.39 is 42.5 Å². The molecule has 3 atom stereocenters. The number of amides is 2. The van der Waals surface area contributed by atoms with Crippen molar-refractivity contribution in [2.24, 2.45) is 11.7 Å². The van der Waals surface area contributed by atoms with Crippen molar-refractivity contribution in [1.82, 2.24) is 20.6 Å². The minimum absolute atomic E-state index is 0.0696. The fourth-order valence-electron chi connectivity index (χ4n) is 1.85. The zero-order chi connectivity index (χ0) is 18.3. The number of rotatable bonds is 9. The van der Waals surface area contributed by atoms with Crippen LogP contribution in [0.3, 0.4) is 0 Å². The summed E-state index contributed by atoms with van der Waals surface area (Å²) in [7, 11) is 0. The lowest BCUT2D eigenvalue weighted by Crippen LogP contribution is -2.56. The maximum Gasteiger partial charge on any atom is 0.328 e. The largest absolute Gasteiger partial charge is 0.480 e. The van der Waals surface area contributed by atoms with E-state index in [4.69, 9.17) is 15.9 Å². The average Bonchev–Trinajstić information content (AvgIpc) is 3.03. The molecule has 1 heterocycles. The molecule has 10 heteroatoms. The normalized spacial score (nSPS) is 14.7. The number of hydrogen-bond donors (Lipinski definition) is 6. The number of carboxylic acid groups (broad SMARTS) is 1. The van der Waals surface area contributed by atoms with E-state index in [-0.39, 0.29) is 12.3 Å². The Bertz CT molecular complexity index is 560. The van der Waals surface area contributed by atoms with Crippen molar-refractivity contribution in [1.29, 1.82) is 0 Å². The Morgan fingerprint density at radius 1 is 1.25 bits per heavy atom. The summed E-state index contributed by atoms with van der Waals surface area (Å²) < 4.78 is 0. The highest BCUT2D eigenvalue weighted by atomic mass is 16.4. The lowest BCUT2D eigenvalue weighted by atomic mass is 10.0. The number of aromatic nitrogens is 2. The Morgan fingerprint density at radius 2 is 1.88 bits per heavy atom. The van der Waals surface area contributed by atoms with Gasteiger partial charge in [-0.3, -0.25) is 9.59 Å². The molecule has 134 valence electrons. The molecule has 1 rings (SSSR count). The van der Waals surface area contributed by atoms with E-state index in [0.29, 0.717) is 5.69 Å². The van der Waals surface area contributed by atoms with Gasteiger partial charge in [-0.05, 0) is 5.92 Å². The van der Waals surface area contributed by atoms with Crippen LogP contribution in [-0.4, -0.2) is 62.7 Å². The van der Waals surface area contributed by atoms with E-state index in [9.17, 15) is 14.4 Å². The molecule has 0 spiro atoms. The number of nitrogens with one attached hydrogen (secondary N) is 3. The standard InChI is InChI=1S/C14H23N5O5/c1-7(2)11(15)13(22)18-9(3-8-4-16-6-17-8)12(21)19-10(5-20)14(23)24/h4,6-7,9-11,20H,3,5,15H2,1-2H3,(H,16,17)(H,18,22)(H,19,21)(H,23,24). The van der Waals surface area contributed by atoms with Crippen LogP contribution in [0.25, 0.3) is 0 Å². The third kappa shape index (κ3) is 5.63. The SMILES string of the molecule is CC(C)C(N)C(=O)NC(Cc1cnc[nH]1)C(=O)NC(CO)C(=O)O. The van der Waals surface area contributed by atoms with Gasteiger partial charge < -0.3 is 31.6 Å². The average molecular weight is 341 g/mol. The van der Waals surface area contributed by atoms with Gasteiger partial charge in [0.2, 0.25) is 11.8 Å². The van der Waals surface area contributed by atoms with Crippen molar-refractivity contribution in [2.75, 3.05) is 6.61 Å². The molecular formula is C14H23N5O5. The molecule has 0 aliphatic heterocycles. The fourth-order valence-corrected chi connectivity index (χ4v) is 1.85. The van der Waals surface area contributed by atoms with Crippen LogP contribution in [0.4, 0.5) is 0 Å². The minimum atomic E-state index is -1.46. The van der Waals surface area contributed by atoms with E-state index >= 15 is 0 Å². The molecule has 10 nitrogen and oxygen atoms in total. The van der Waals surface area contributed by atoms with Gasteiger partial charge in [0.05, 0.1) is 19.0 Å². The van der Waals surface area contributed by atoms with Gasteiger partial charge in [0, 0.05) is 18.3 Å². The zero-order valence-corrected chi connectivity index (χ0v) is 13.5. The summed E-state index contributed by atoms with van der Waals surface area (Å²) in [5.74, 6) is -2.78. The maximum atomic E-state index is 12.3. The number of H-pyrrole nitrogens is 1. The smallest absolute Gasteiger partial charge is 0.328 e. The van der Waals surface area contributed by atoms with E-state index in [1.807, 2.05) is 0 Å². The number of aliphatic hydroxyl groups excluding tert-OH is 1. The molecule has 1 aromatic heterocycles. The van der Waals surface area contributed by atoms with Gasteiger partial charge in [0.1, 0.15) is 12.1 Å². The maximum absolute atomic E-state index is 12.3. The van der Waals surface area contributed by atoms with Crippen molar-refractivity contribution < 1.29 is 24.6 Å². The molecule has 0 aliphatic rings. The molecule has 0 aliphatic carbocycles. The van der Waals surface area contributed by atoms with Gasteiger partial charge >= 0.3 is 5.97 Å². The number of nitrogens with two attached hydrogens (primary N) is 1. The molecule has 2 amide bonds. The predicted octanol–water partition coefficient (Wildman–Crippen LogP) is -2.02.